The topological polar surface area (TPSA) is 87.1 Å². The number of amidine groups is 1. The van der Waals surface area contributed by atoms with Crippen LogP contribution < -0.4 is 16.0 Å². The zero-order valence-electron chi connectivity index (χ0n) is 14.4. The highest BCUT2D eigenvalue weighted by atomic mass is 15.3. The van der Waals surface area contributed by atoms with E-state index in [1.54, 1.807) is 0 Å². The lowest BCUT2D eigenvalue weighted by Crippen LogP contribution is -2.15. The van der Waals surface area contributed by atoms with Gasteiger partial charge in [-0.3, -0.25) is 4.99 Å². The van der Waals surface area contributed by atoms with E-state index < -0.39 is 0 Å². The normalized spacial score (nSPS) is 12.8. The van der Waals surface area contributed by atoms with Crippen LogP contribution in [0.15, 0.2) is 47.5 Å². The second-order valence-corrected chi connectivity index (χ2v) is 5.68. The highest BCUT2D eigenvalue weighted by Gasteiger charge is 2.09. The number of hydrogen-bond acceptors (Lipinski definition) is 7. The molecule has 3 rings (SSSR count). The number of unbranched alkanes of at least 4 members (excludes halogenated alkanes) is 1. The summed E-state index contributed by atoms with van der Waals surface area (Å²) in [5, 5.41) is 9.64. The van der Waals surface area contributed by atoms with Crippen molar-refractivity contribution in [2.24, 2.45) is 4.99 Å². The Kier molecular flexibility index (Phi) is 5.92. The minimum atomic E-state index is 0.481. The van der Waals surface area contributed by atoms with E-state index in [9.17, 15) is 0 Å². The molecule has 0 bridgehead atoms. The number of rotatable bonds is 8. The van der Waals surface area contributed by atoms with E-state index in [1.165, 1.54) is 5.56 Å². The molecular formula is C18H23N7. The van der Waals surface area contributed by atoms with Crippen molar-refractivity contribution >= 4 is 23.7 Å². The van der Waals surface area contributed by atoms with E-state index in [0.717, 1.165) is 25.2 Å². The van der Waals surface area contributed by atoms with E-state index in [-0.39, 0.29) is 0 Å². The van der Waals surface area contributed by atoms with Gasteiger partial charge < -0.3 is 16.0 Å². The summed E-state index contributed by atoms with van der Waals surface area (Å²) in [7, 11) is 0. The van der Waals surface area contributed by atoms with Gasteiger partial charge in [0.1, 0.15) is 5.84 Å². The quantitative estimate of drug-likeness (QED) is 0.642. The average Bonchev–Trinajstić information content (AvgIpc) is 3.14. The fourth-order valence-corrected chi connectivity index (χ4v) is 2.31. The number of aliphatic imine (C=N–C) groups is 1. The van der Waals surface area contributed by atoms with Crippen molar-refractivity contribution in [1.29, 1.82) is 0 Å². The van der Waals surface area contributed by atoms with Crippen molar-refractivity contribution in [3.63, 3.8) is 0 Å². The molecule has 0 radical (unpaired) electrons. The molecule has 2 heterocycles. The highest BCUT2D eigenvalue weighted by molar-refractivity contribution is 6.04. The minimum Gasteiger partial charge on any atom is -0.354 e. The van der Waals surface area contributed by atoms with Gasteiger partial charge in [0.15, 0.2) is 0 Å². The van der Waals surface area contributed by atoms with Crippen molar-refractivity contribution in [1.82, 2.24) is 15.0 Å². The third-order valence-corrected chi connectivity index (χ3v) is 3.62. The number of nitrogens with zero attached hydrogens (tertiary/aromatic N) is 4. The third kappa shape index (κ3) is 5.27. The molecule has 0 saturated carbocycles. The Balaban J connectivity index is 1.72. The second-order valence-electron chi connectivity index (χ2n) is 5.68. The van der Waals surface area contributed by atoms with E-state index in [2.05, 4.69) is 55.0 Å². The van der Waals surface area contributed by atoms with Gasteiger partial charge in [0.05, 0.1) is 6.54 Å². The van der Waals surface area contributed by atoms with Crippen molar-refractivity contribution in [2.45, 2.75) is 26.3 Å². The fourth-order valence-electron chi connectivity index (χ4n) is 2.31. The van der Waals surface area contributed by atoms with E-state index in [0.29, 0.717) is 30.9 Å². The summed E-state index contributed by atoms with van der Waals surface area (Å²) < 4.78 is 0. The van der Waals surface area contributed by atoms with Gasteiger partial charge in [-0.2, -0.15) is 15.0 Å². The van der Waals surface area contributed by atoms with Crippen LogP contribution in [0.25, 0.3) is 0 Å². The minimum absolute atomic E-state index is 0.481. The number of benzene rings is 1. The third-order valence-electron chi connectivity index (χ3n) is 3.62. The first-order valence-electron chi connectivity index (χ1n) is 8.59. The van der Waals surface area contributed by atoms with Crippen LogP contribution in [0.5, 0.6) is 0 Å². The van der Waals surface area contributed by atoms with Gasteiger partial charge >= 0.3 is 0 Å². The Morgan fingerprint density at radius 3 is 2.44 bits per heavy atom. The molecule has 0 aliphatic carbocycles. The lowest BCUT2D eigenvalue weighted by Gasteiger charge is -2.11. The summed E-state index contributed by atoms with van der Waals surface area (Å²) in [4.78, 5) is 17.6. The van der Waals surface area contributed by atoms with Gasteiger partial charge in [-0.15, -0.1) is 0 Å². The van der Waals surface area contributed by atoms with Gasteiger partial charge in [-0.1, -0.05) is 49.8 Å². The summed E-state index contributed by atoms with van der Waals surface area (Å²) >= 11 is 0. The highest BCUT2D eigenvalue weighted by Crippen LogP contribution is 2.12. The maximum atomic E-state index is 4.45. The van der Waals surface area contributed by atoms with Crippen LogP contribution in [-0.2, 0) is 6.54 Å². The predicted molar refractivity (Wildman–Crippen MR) is 102 cm³/mol. The first-order chi connectivity index (χ1) is 12.3. The standard InChI is InChI=1S/C18H23N7/c1-2-3-11-20-16-23-17(21-13-14-8-5-4-6-9-14)25-18(24-16)22-15-10-7-12-19-15/h4-10H,2-3,11-13H2,1H3,(H3,19,20,21,22,23,24,25). The monoisotopic (exact) mass is 337 g/mol. The molecule has 1 aliphatic heterocycles. The molecular weight excluding hydrogens is 314 g/mol. The van der Waals surface area contributed by atoms with Gasteiger partial charge in [-0.05, 0) is 18.1 Å². The van der Waals surface area contributed by atoms with Gasteiger partial charge in [0, 0.05) is 13.1 Å². The van der Waals surface area contributed by atoms with E-state index in [4.69, 9.17) is 0 Å². The molecule has 3 N–H and O–H groups in total. The van der Waals surface area contributed by atoms with Crippen LogP contribution >= 0.6 is 0 Å². The Morgan fingerprint density at radius 1 is 0.960 bits per heavy atom. The maximum absolute atomic E-state index is 4.45. The van der Waals surface area contributed by atoms with Gasteiger partial charge in [0.25, 0.3) is 0 Å². The molecule has 1 aliphatic rings. The molecule has 7 heteroatoms. The zero-order chi connectivity index (χ0) is 17.3. The molecule has 0 spiro atoms. The van der Waals surface area contributed by atoms with Crippen LogP contribution in [0.3, 0.4) is 0 Å². The largest absolute Gasteiger partial charge is 0.354 e. The first-order valence-corrected chi connectivity index (χ1v) is 8.59. The molecule has 0 unspecified atom stereocenters. The van der Waals surface area contributed by atoms with E-state index >= 15 is 0 Å². The first kappa shape index (κ1) is 16.9. The molecule has 0 saturated heterocycles. The lowest BCUT2D eigenvalue weighted by atomic mass is 10.2. The summed E-state index contributed by atoms with van der Waals surface area (Å²) in [6.45, 7) is 4.33. The fraction of sp³-hybridized carbons (Fsp3) is 0.333. The smallest absolute Gasteiger partial charge is 0.234 e. The van der Waals surface area contributed by atoms with Crippen LogP contribution in [0, 0.1) is 0 Å². The van der Waals surface area contributed by atoms with Crippen molar-refractivity contribution in [2.75, 3.05) is 29.0 Å². The Morgan fingerprint density at radius 2 is 1.72 bits per heavy atom. The number of aromatic nitrogens is 3. The summed E-state index contributed by atoms with van der Waals surface area (Å²) in [5.41, 5.74) is 1.17. The van der Waals surface area contributed by atoms with Crippen molar-refractivity contribution in [3.8, 4) is 0 Å². The molecule has 1 aromatic carbocycles. The maximum Gasteiger partial charge on any atom is 0.234 e. The van der Waals surface area contributed by atoms with Gasteiger partial charge in [-0.25, -0.2) is 0 Å². The predicted octanol–water partition coefficient (Wildman–Crippen LogP) is 3.08. The molecule has 0 atom stereocenters. The summed E-state index contributed by atoms with van der Waals surface area (Å²) in [6, 6.07) is 10.1. The molecule has 0 fully saturated rings. The van der Waals surface area contributed by atoms with Crippen LogP contribution in [0.4, 0.5) is 17.8 Å². The van der Waals surface area contributed by atoms with Crippen LogP contribution in [-0.4, -0.2) is 33.9 Å². The Bertz CT molecular complexity index is 740. The molecule has 2 aromatic rings. The molecule has 0 amide bonds. The van der Waals surface area contributed by atoms with Crippen molar-refractivity contribution < 1.29 is 0 Å². The lowest BCUT2D eigenvalue weighted by molar-refractivity contribution is 0.824. The Hall–Kier alpha value is -2.96. The number of nitrogens with one attached hydrogen (secondary N) is 3. The SMILES string of the molecule is CCCCNc1nc(NCc2ccccc2)nc(NC2=NCC=C2)n1. The number of hydrogen-bond donors (Lipinski definition) is 3. The molecule has 7 nitrogen and oxygen atoms in total. The molecule has 130 valence electrons. The van der Waals surface area contributed by atoms with E-state index in [1.807, 2.05) is 30.4 Å². The average molecular weight is 337 g/mol. The molecule has 1 aromatic heterocycles. The number of anilines is 3. The van der Waals surface area contributed by atoms with Gasteiger partial charge in [0.2, 0.25) is 17.8 Å². The van der Waals surface area contributed by atoms with Crippen LogP contribution in [0.1, 0.15) is 25.3 Å². The molecule has 25 heavy (non-hydrogen) atoms. The van der Waals surface area contributed by atoms with Crippen LogP contribution in [0.2, 0.25) is 0 Å². The second kappa shape index (κ2) is 8.77. The van der Waals surface area contributed by atoms with Crippen molar-refractivity contribution in [3.05, 3.63) is 48.0 Å². The summed E-state index contributed by atoms with van der Waals surface area (Å²) in [6.07, 6.45) is 6.09. The summed E-state index contributed by atoms with van der Waals surface area (Å²) in [5.74, 6) is 2.33. The zero-order valence-corrected chi connectivity index (χ0v) is 14.4. The Labute approximate surface area is 147 Å².